The van der Waals surface area contributed by atoms with E-state index in [2.05, 4.69) is 45.0 Å². The van der Waals surface area contributed by atoms with Crippen molar-refractivity contribution < 1.29 is 8.91 Å². The second-order valence-electron chi connectivity index (χ2n) is 6.32. The SMILES string of the molecule is C=CC(=O)NCCC[Si](C)(C)O[Si](C)(C)CCCC. The van der Waals surface area contributed by atoms with Crippen molar-refractivity contribution >= 4 is 22.5 Å². The lowest BCUT2D eigenvalue weighted by molar-refractivity contribution is -0.116. The van der Waals surface area contributed by atoms with Gasteiger partial charge in [0.15, 0.2) is 16.6 Å². The predicted octanol–water partition coefficient (Wildman–Crippen LogP) is 3.91. The number of hydrogen-bond acceptors (Lipinski definition) is 2. The van der Waals surface area contributed by atoms with E-state index in [1.807, 2.05) is 0 Å². The van der Waals surface area contributed by atoms with Gasteiger partial charge in [0.25, 0.3) is 0 Å². The maximum atomic E-state index is 11.0. The summed E-state index contributed by atoms with van der Waals surface area (Å²) in [7, 11) is -3.08. The van der Waals surface area contributed by atoms with Crippen LogP contribution in [0.1, 0.15) is 26.2 Å². The van der Waals surface area contributed by atoms with E-state index in [0.717, 1.165) is 19.0 Å². The van der Waals surface area contributed by atoms with Crippen molar-refractivity contribution in [2.24, 2.45) is 0 Å². The quantitative estimate of drug-likeness (QED) is 0.377. The molecule has 0 aromatic rings. The average molecular weight is 302 g/mol. The van der Waals surface area contributed by atoms with Gasteiger partial charge in [0.2, 0.25) is 5.91 Å². The van der Waals surface area contributed by atoms with Crippen LogP contribution in [0, 0.1) is 0 Å². The molecule has 0 bridgehead atoms. The van der Waals surface area contributed by atoms with Gasteiger partial charge in [-0.15, -0.1) is 0 Å². The molecule has 0 aliphatic heterocycles. The fourth-order valence-electron chi connectivity index (χ4n) is 2.25. The zero-order valence-corrected chi connectivity index (χ0v) is 15.3. The second-order valence-corrected chi connectivity index (χ2v) is 15.2. The van der Waals surface area contributed by atoms with Crippen molar-refractivity contribution in [3.05, 3.63) is 12.7 Å². The molecule has 0 aromatic carbocycles. The first-order valence-corrected chi connectivity index (χ1v) is 13.6. The first-order valence-electron chi connectivity index (χ1n) is 7.33. The fraction of sp³-hybridized carbons (Fsp3) is 0.786. The van der Waals surface area contributed by atoms with Crippen molar-refractivity contribution in [3.63, 3.8) is 0 Å². The summed E-state index contributed by atoms with van der Waals surface area (Å²) in [6, 6.07) is 2.36. The van der Waals surface area contributed by atoms with Crippen LogP contribution in [0.5, 0.6) is 0 Å². The number of nitrogens with one attached hydrogen (secondary N) is 1. The molecule has 0 atom stereocenters. The Bertz CT molecular complexity index is 291. The molecule has 0 aliphatic carbocycles. The average Bonchev–Trinajstić information content (AvgIpc) is 2.30. The van der Waals surface area contributed by atoms with Crippen LogP contribution in [0.3, 0.4) is 0 Å². The minimum atomic E-state index is -1.59. The molecule has 1 N–H and O–H groups in total. The van der Waals surface area contributed by atoms with Crippen LogP contribution >= 0.6 is 0 Å². The maximum absolute atomic E-state index is 11.0. The lowest BCUT2D eigenvalue weighted by Gasteiger charge is -2.34. The largest absolute Gasteiger partial charge is 0.455 e. The minimum absolute atomic E-state index is 0.0851. The Hall–Kier alpha value is -0.396. The van der Waals surface area contributed by atoms with Crippen LogP contribution in [-0.4, -0.2) is 29.1 Å². The molecule has 3 nitrogen and oxygen atoms in total. The van der Waals surface area contributed by atoms with E-state index < -0.39 is 16.6 Å². The van der Waals surface area contributed by atoms with E-state index in [-0.39, 0.29) is 5.91 Å². The molecule has 0 aliphatic rings. The molecular formula is C14H31NO2Si2. The molecule has 0 spiro atoms. The van der Waals surface area contributed by atoms with Gasteiger partial charge < -0.3 is 9.43 Å². The molecule has 0 fully saturated rings. The Kier molecular flexibility index (Phi) is 8.53. The predicted molar refractivity (Wildman–Crippen MR) is 88.4 cm³/mol. The van der Waals surface area contributed by atoms with Gasteiger partial charge in [-0.25, -0.2) is 0 Å². The Balaban J connectivity index is 4.02. The number of carbonyl (C=O) groups excluding carboxylic acids is 1. The molecule has 1 amide bonds. The third kappa shape index (κ3) is 10.1. The standard InChI is InChI=1S/C14H31NO2Si2/c1-7-9-12-18(3,4)17-19(5,6)13-10-11-15-14(16)8-2/h8H,2,7,9-13H2,1,3-6H3,(H,15,16). The third-order valence-corrected chi connectivity index (χ3v) is 10.7. The summed E-state index contributed by atoms with van der Waals surface area (Å²) in [6.07, 6.45) is 4.84. The summed E-state index contributed by atoms with van der Waals surface area (Å²) in [5.41, 5.74) is 0. The van der Waals surface area contributed by atoms with E-state index in [1.165, 1.54) is 25.0 Å². The number of amides is 1. The van der Waals surface area contributed by atoms with E-state index in [9.17, 15) is 4.79 Å². The lowest BCUT2D eigenvalue weighted by Crippen LogP contribution is -2.44. The monoisotopic (exact) mass is 301 g/mol. The van der Waals surface area contributed by atoms with Crippen LogP contribution in [0.15, 0.2) is 12.7 Å². The van der Waals surface area contributed by atoms with Crippen LogP contribution in [-0.2, 0) is 8.91 Å². The summed E-state index contributed by atoms with van der Waals surface area (Å²) in [6.45, 7) is 15.6. The summed E-state index contributed by atoms with van der Waals surface area (Å²) in [5, 5.41) is 2.82. The van der Waals surface area contributed by atoms with Crippen molar-refractivity contribution in [1.29, 1.82) is 0 Å². The number of carbonyl (C=O) groups is 1. The van der Waals surface area contributed by atoms with Gasteiger partial charge in [-0.3, -0.25) is 4.79 Å². The van der Waals surface area contributed by atoms with Crippen LogP contribution in [0.4, 0.5) is 0 Å². The third-order valence-electron chi connectivity index (χ3n) is 3.13. The van der Waals surface area contributed by atoms with Gasteiger partial charge >= 0.3 is 0 Å². The smallest absolute Gasteiger partial charge is 0.243 e. The molecule has 112 valence electrons. The molecule has 0 radical (unpaired) electrons. The van der Waals surface area contributed by atoms with Gasteiger partial charge in [0, 0.05) is 6.54 Å². The Morgan fingerprint density at radius 1 is 1.16 bits per heavy atom. The lowest BCUT2D eigenvalue weighted by atomic mass is 10.4. The highest BCUT2D eigenvalue weighted by molar-refractivity contribution is 6.84. The van der Waals surface area contributed by atoms with Crippen molar-refractivity contribution in [2.75, 3.05) is 6.54 Å². The highest BCUT2D eigenvalue weighted by atomic mass is 28.4. The first-order chi connectivity index (χ1) is 8.72. The van der Waals surface area contributed by atoms with Crippen LogP contribution in [0.2, 0.25) is 38.3 Å². The van der Waals surface area contributed by atoms with Gasteiger partial charge in [-0.05, 0) is 50.8 Å². The molecule has 0 unspecified atom stereocenters. The summed E-state index contributed by atoms with van der Waals surface area (Å²) < 4.78 is 6.51. The molecule has 19 heavy (non-hydrogen) atoms. The van der Waals surface area contributed by atoms with Gasteiger partial charge in [-0.2, -0.15) is 0 Å². The summed E-state index contributed by atoms with van der Waals surface area (Å²) in [4.78, 5) is 11.0. The fourth-order valence-corrected chi connectivity index (χ4v) is 11.3. The molecular weight excluding hydrogens is 270 g/mol. The zero-order chi connectivity index (χ0) is 14.9. The van der Waals surface area contributed by atoms with Crippen molar-refractivity contribution in [3.8, 4) is 0 Å². The molecule has 0 aromatic heterocycles. The molecule has 0 saturated heterocycles. The summed E-state index contributed by atoms with van der Waals surface area (Å²) >= 11 is 0. The topological polar surface area (TPSA) is 38.3 Å². The Labute approximate surface area is 121 Å². The van der Waals surface area contributed by atoms with Gasteiger partial charge in [-0.1, -0.05) is 26.3 Å². The van der Waals surface area contributed by atoms with E-state index in [1.54, 1.807) is 0 Å². The molecule has 5 heteroatoms. The Morgan fingerprint density at radius 2 is 1.68 bits per heavy atom. The van der Waals surface area contributed by atoms with Gasteiger partial charge in [0.1, 0.15) is 0 Å². The molecule has 0 heterocycles. The number of unbranched alkanes of at least 4 members (excludes halogenated alkanes) is 1. The van der Waals surface area contributed by atoms with Crippen LogP contribution in [0.25, 0.3) is 0 Å². The highest BCUT2D eigenvalue weighted by Gasteiger charge is 2.31. The van der Waals surface area contributed by atoms with Crippen LogP contribution < -0.4 is 5.32 Å². The van der Waals surface area contributed by atoms with E-state index in [0.29, 0.717) is 0 Å². The second kappa shape index (κ2) is 8.71. The number of rotatable bonds is 10. The zero-order valence-electron chi connectivity index (χ0n) is 13.3. The molecule has 0 saturated carbocycles. The molecule has 0 rings (SSSR count). The normalized spacial score (nSPS) is 12.3. The number of hydrogen-bond donors (Lipinski definition) is 1. The van der Waals surface area contributed by atoms with E-state index in [4.69, 9.17) is 4.12 Å². The minimum Gasteiger partial charge on any atom is -0.455 e. The Morgan fingerprint density at radius 3 is 2.16 bits per heavy atom. The van der Waals surface area contributed by atoms with Crippen molar-refractivity contribution in [1.82, 2.24) is 5.32 Å². The summed E-state index contributed by atoms with van der Waals surface area (Å²) in [5.74, 6) is -0.0851. The van der Waals surface area contributed by atoms with E-state index >= 15 is 0 Å². The van der Waals surface area contributed by atoms with Gasteiger partial charge in [0.05, 0.1) is 0 Å². The van der Waals surface area contributed by atoms with Crippen molar-refractivity contribution in [2.45, 2.75) is 64.5 Å². The highest BCUT2D eigenvalue weighted by Crippen LogP contribution is 2.23. The first kappa shape index (κ1) is 18.6. The maximum Gasteiger partial charge on any atom is 0.243 e.